The van der Waals surface area contributed by atoms with E-state index in [-0.39, 0.29) is 18.2 Å². The van der Waals surface area contributed by atoms with Crippen molar-refractivity contribution in [2.75, 3.05) is 11.9 Å². The molecule has 0 spiro atoms. The van der Waals surface area contributed by atoms with Crippen LogP contribution in [0.15, 0.2) is 30.3 Å². The van der Waals surface area contributed by atoms with E-state index in [0.717, 1.165) is 4.88 Å². The predicted octanol–water partition coefficient (Wildman–Crippen LogP) is 2.79. The molecule has 2 N–H and O–H groups in total. The van der Waals surface area contributed by atoms with E-state index in [9.17, 15) is 9.18 Å². The predicted molar refractivity (Wildman–Crippen MR) is 77.4 cm³/mol. The van der Waals surface area contributed by atoms with E-state index < -0.39 is 5.82 Å². The van der Waals surface area contributed by atoms with Crippen LogP contribution in [0.4, 0.5) is 10.1 Å². The van der Waals surface area contributed by atoms with Gasteiger partial charge in [-0.15, -0.1) is 11.3 Å². The number of aliphatic hydroxyl groups is 1. The van der Waals surface area contributed by atoms with Crippen LogP contribution in [0.2, 0.25) is 0 Å². The Hall–Kier alpha value is -2.16. The van der Waals surface area contributed by atoms with Gasteiger partial charge in [0.1, 0.15) is 12.4 Å². The number of hydrogen-bond donors (Lipinski definition) is 2. The summed E-state index contributed by atoms with van der Waals surface area (Å²) >= 11 is 1.35. The van der Waals surface area contributed by atoms with Gasteiger partial charge in [-0.2, -0.15) is 0 Å². The first-order valence-corrected chi connectivity index (χ1v) is 6.69. The molecule has 0 fully saturated rings. The van der Waals surface area contributed by atoms with E-state index in [1.165, 1.54) is 23.5 Å². The Balaban J connectivity index is 2.16. The van der Waals surface area contributed by atoms with E-state index in [1.54, 1.807) is 12.1 Å². The molecule has 20 heavy (non-hydrogen) atoms. The largest absolute Gasteiger partial charge is 0.384 e. The lowest BCUT2D eigenvalue weighted by molar-refractivity contribution is 0.103. The molecule has 2 aromatic rings. The fourth-order valence-corrected chi connectivity index (χ4v) is 2.34. The van der Waals surface area contributed by atoms with E-state index in [2.05, 4.69) is 17.2 Å². The van der Waals surface area contributed by atoms with Gasteiger partial charge in [-0.1, -0.05) is 11.8 Å². The number of nitrogens with one attached hydrogen (secondary N) is 1. The van der Waals surface area contributed by atoms with Gasteiger partial charge in [0.15, 0.2) is 0 Å². The van der Waals surface area contributed by atoms with E-state index in [0.29, 0.717) is 10.4 Å². The molecule has 5 heteroatoms. The lowest BCUT2D eigenvalue weighted by Crippen LogP contribution is -2.11. The summed E-state index contributed by atoms with van der Waals surface area (Å²) in [5.74, 6) is 4.14. The third-order valence-corrected chi connectivity index (χ3v) is 3.49. The monoisotopic (exact) mass is 289 g/mol. The lowest BCUT2D eigenvalue weighted by atomic mass is 10.2. The van der Waals surface area contributed by atoms with Crippen molar-refractivity contribution in [3.8, 4) is 11.8 Å². The maximum absolute atomic E-state index is 13.8. The first-order chi connectivity index (χ1) is 9.60. The van der Waals surface area contributed by atoms with Crippen molar-refractivity contribution >= 4 is 22.9 Å². The molecular weight excluding hydrogens is 277 g/mol. The molecule has 3 nitrogen and oxygen atoms in total. The Labute approximate surface area is 120 Å². The van der Waals surface area contributed by atoms with Crippen LogP contribution in [0.3, 0.4) is 0 Å². The average molecular weight is 289 g/mol. The Morgan fingerprint density at radius 1 is 1.40 bits per heavy atom. The lowest BCUT2D eigenvalue weighted by Gasteiger charge is -2.05. The average Bonchev–Trinajstić information content (AvgIpc) is 2.86. The van der Waals surface area contributed by atoms with Gasteiger partial charge in [0.2, 0.25) is 0 Å². The number of aliphatic hydroxyl groups excluding tert-OH is 1. The highest BCUT2D eigenvalue weighted by molar-refractivity contribution is 7.14. The highest BCUT2D eigenvalue weighted by atomic mass is 32.1. The van der Waals surface area contributed by atoms with Gasteiger partial charge in [0.05, 0.1) is 10.6 Å². The van der Waals surface area contributed by atoms with Crippen molar-refractivity contribution in [1.29, 1.82) is 0 Å². The fourth-order valence-electron chi connectivity index (χ4n) is 1.58. The van der Waals surface area contributed by atoms with Crippen LogP contribution in [0.5, 0.6) is 0 Å². The molecule has 1 aromatic heterocycles. The molecule has 0 aliphatic rings. The van der Waals surface area contributed by atoms with Gasteiger partial charge in [-0.05, 0) is 37.3 Å². The first-order valence-electron chi connectivity index (χ1n) is 5.87. The van der Waals surface area contributed by atoms with Crippen molar-refractivity contribution < 1.29 is 14.3 Å². The molecular formula is C15H12FNO2S. The molecule has 2 rings (SSSR count). The van der Waals surface area contributed by atoms with Crippen LogP contribution in [-0.4, -0.2) is 17.6 Å². The molecule has 0 radical (unpaired) electrons. The summed E-state index contributed by atoms with van der Waals surface area (Å²) in [5, 5.41) is 11.1. The number of rotatable bonds is 2. The number of aryl methyl sites for hydroxylation is 1. The zero-order valence-electron chi connectivity index (χ0n) is 10.7. The van der Waals surface area contributed by atoms with Crippen LogP contribution in [0.25, 0.3) is 0 Å². The third-order valence-electron chi connectivity index (χ3n) is 2.49. The number of anilines is 1. The Morgan fingerprint density at radius 2 is 2.20 bits per heavy atom. The fraction of sp³-hybridized carbons (Fsp3) is 0.133. The number of benzene rings is 1. The van der Waals surface area contributed by atoms with Crippen molar-refractivity contribution in [2.24, 2.45) is 0 Å². The Morgan fingerprint density at radius 3 is 2.80 bits per heavy atom. The third kappa shape index (κ3) is 3.44. The summed E-state index contributed by atoms with van der Waals surface area (Å²) in [4.78, 5) is 13.5. The van der Waals surface area contributed by atoms with Crippen molar-refractivity contribution in [3.63, 3.8) is 0 Å². The summed E-state index contributed by atoms with van der Waals surface area (Å²) in [6.45, 7) is 1.62. The van der Waals surface area contributed by atoms with Gasteiger partial charge in [0.25, 0.3) is 5.91 Å². The zero-order chi connectivity index (χ0) is 14.5. The molecule has 0 saturated heterocycles. The van der Waals surface area contributed by atoms with Crippen LogP contribution in [0.1, 0.15) is 20.1 Å². The molecule has 0 unspecified atom stereocenters. The molecule has 1 amide bonds. The van der Waals surface area contributed by atoms with Crippen LogP contribution in [0, 0.1) is 24.6 Å². The summed E-state index contributed by atoms with van der Waals surface area (Å²) in [5.41, 5.74) is 0.553. The number of amides is 1. The summed E-state index contributed by atoms with van der Waals surface area (Å²) in [6.07, 6.45) is 0. The van der Waals surface area contributed by atoms with Crippen LogP contribution >= 0.6 is 11.3 Å². The summed E-state index contributed by atoms with van der Waals surface area (Å²) in [6, 6.07) is 7.80. The maximum atomic E-state index is 13.8. The molecule has 0 aliphatic carbocycles. The standard InChI is InChI=1S/C15H12FNO2S/c1-10-4-7-14(20-10)15(19)17-13-6-5-11(3-2-8-18)9-12(13)16/h4-7,9,18H,8H2,1H3,(H,17,19). The SMILES string of the molecule is Cc1ccc(C(=O)Nc2ccc(C#CCO)cc2F)s1. The molecule has 0 aliphatic heterocycles. The second-order valence-electron chi connectivity index (χ2n) is 4.02. The molecule has 102 valence electrons. The van der Waals surface area contributed by atoms with Crippen molar-refractivity contribution in [3.05, 3.63) is 51.5 Å². The summed E-state index contributed by atoms with van der Waals surface area (Å²) < 4.78 is 13.8. The smallest absolute Gasteiger partial charge is 0.265 e. The van der Waals surface area contributed by atoms with Crippen LogP contribution in [-0.2, 0) is 0 Å². The maximum Gasteiger partial charge on any atom is 0.265 e. The minimum absolute atomic E-state index is 0.107. The number of halogens is 1. The normalized spacial score (nSPS) is 9.75. The van der Waals surface area contributed by atoms with E-state index >= 15 is 0 Å². The first kappa shape index (κ1) is 14.3. The molecule has 0 atom stereocenters. The topological polar surface area (TPSA) is 49.3 Å². The number of carbonyl (C=O) groups is 1. The second kappa shape index (κ2) is 6.33. The molecule has 1 aromatic carbocycles. The minimum Gasteiger partial charge on any atom is -0.384 e. The van der Waals surface area contributed by atoms with Gasteiger partial charge >= 0.3 is 0 Å². The van der Waals surface area contributed by atoms with E-state index in [4.69, 9.17) is 5.11 Å². The van der Waals surface area contributed by atoms with Gasteiger partial charge in [-0.25, -0.2) is 4.39 Å². The minimum atomic E-state index is -0.559. The number of carbonyl (C=O) groups excluding carboxylic acids is 1. The molecule has 0 saturated carbocycles. The Kier molecular flexibility index (Phi) is 4.51. The number of hydrogen-bond acceptors (Lipinski definition) is 3. The molecule has 0 bridgehead atoms. The van der Waals surface area contributed by atoms with Gasteiger partial charge < -0.3 is 10.4 Å². The highest BCUT2D eigenvalue weighted by Crippen LogP contribution is 2.19. The summed E-state index contributed by atoms with van der Waals surface area (Å²) in [7, 11) is 0. The van der Waals surface area contributed by atoms with E-state index in [1.807, 2.05) is 13.0 Å². The van der Waals surface area contributed by atoms with Gasteiger partial charge in [0, 0.05) is 10.4 Å². The zero-order valence-corrected chi connectivity index (χ0v) is 11.6. The quantitative estimate of drug-likeness (QED) is 0.835. The second-order valence-corrected chi connectivity index (χ2v) is 5.31. The van der Waals surface area contributed by atoms with Crippen LogP contribution < -0.4 is 5.32 Å². The highest BCUT2D eigenvalue weighted by Gasteiger charge is 2.11. The van der Waals surface area contributed by atoms with Crippen molar-refractivity contribution in [2.45, 2.75) is 6.92 Å². The Bertz CT molecular complexity index is 697. The van der Waals surface area contributed by atoms with Crippen molar-refractivity contribution in [1.82, 2.24) is 0 Å². The van der Waals surface area contributed by atoms with Gasteiger partial charge in [-0.3, -0.25) is 4.79 Å². The number of thiophene rings is 1. The molecule has 1 heterocycles.